The number of carbonyl (C=O) groups excluding carboxylic acids is 1. The Bertz CT molecular complexity index is 565. The quantitative estimate of drug-likeness (QED) is 0.915. The number of ether oxygens (including phenoxy) is 2. The molecule has 1 aromatic rings. The van der Waals surface area contributed by atoms with Gasteiger partial charge in [0.25, 0.3) is 0 Å². The Hall–Kier alpha value is -1.71. The Morgan fingerprint density at radius 2 is 2.10 bits per heavy atom. The molecular weight excluding hydrogens is 254 g/mol. The first-order valence-corrected chi connectivity index (χ1v) is 7.38. The van der Waals surface area contributed by atoms with Crippen LogP contribution in [-0.4, -0.2) is 19.1 Å². The molecule has 2 N–H and O–H groups in total. The minimum atomic E-state index is -0.189. The third kappa shape index (κ3) is 1.86. The molecule has 2 aliphatic carbocycles. The highest BCUT2D eigenvalue weighted by atomic mass is 16.6. The molecule has 3 aliphatic rings. The van der Waals surface area contributed by atoms with Crippen molar-refractivity contribution >= 4 is 5.91 Å². The monoisotopic (exact) mass is 273 g/mol. The van der Waals surface area contributed by atoms with Gasteiger partial charge in [-0.2, -0.15) is 0 Å². The van der Waals surface area contributed by atoms with E-state index in [2.05, 4.69) is 6.07 Å². The summed E-state index contributed by atoms with van der Waals surface area (Å²) in [6.45, 7) is 1.24. The Morgan fingerprint density at radius 3 is 2.85 bits per heavy atom. The van der Waals surface area contributed by atoms with Gasteiger partial charge in [0, 0.05) is 11.0 Å². The molecule has 2 fully saturated rings. The van der Waals surface area contributed by atoms with Crippen molar-refractivity contribution < 1.29 is 14.3 Å². The van der Waals surface area contributed by atoms with Gasteiger partial charge in [0.1, 0.15) is 13.2 Å². The van der Waals surface area contributed by atoms with Crippen LogP contribution in [0.2, 0.25) is 0 Å². The average Bonchev–Trinajstić information content (AvgIpc) is 3.36. The first kappa shape index (κ1) is 12.1. The lowest BCUT2D eigenvalue weighted by atomic mass is 9.96. The molecule has 2 atom stereocenters. The summed E-state index contributed by atoms with van der Waals surface area (Å²) in [4.78, 5) is 11.5. The molecule has 106 valence electrons. The Morgan fingerprint density at radius 1 is 1.30 bits per heavy atom. The maximum atomic E-state index is 11.5. The van der Waals surface area contributed by atoms with Crippen molar-refractivity contribution in [1.82, 2.24) is 0 Å². The van der Waals surface area contributed by atoms with Gasteiger partial charge in [-0.05, 0) is 43.6 Å². The smallest absolute Gasteiger partial charge is 0.223 e. The van der Waals surface area contributed by atoms with Gasteiger partial charge in [-0.1, -0.05) is 12.1 Å². The summed E-state index contributed by atoms with van der Waals surface area (Å²) < 4.78 is 11.4. The number of rotatable bonds is 4. The van der Waals surface area contributed by atoms with Crippen molar-refractivity contribution in [1.29, 1.82) is 0 Å². The number of para-hydroxylation sites is 1. The number of amides is 1. The molecule has 0 bridgehead atoms. The van der Waals surface area contributed by atoms with Gasteiger partial charge in [-0.3, -0.25) is 4.79 Å². The van der Waals surface area contributed by atoms with Crippen LogP contribution >= 0.6 is 0 Å². The molecule has 4 rings (SSSR count). The Balaban J connectivity index is 1.52. The maximum Gasteiger partial charge on any atom is 0.223 e. The maximum absolute atomic E-state index is 11.5. The molecule has 2 saturated carbocycles. The van der Waals surface area contributed by atoms with E-state index in [1.807, 2.05) is 12.1 Å². The van der Waals surface area contributed by atoms with Gasteiger partial charge in [0.05, 0.1) is 0 Å². The van der Waals surface area contributed by atoms with Crippen LogP contribution in [0, 0.1) is 11.3 Å². The molecule has 1 aliphatic heterocycles. The zero-order chi connectivity index (χ0) is 13.7. The van der Waals surface area contributed by atoms with Crippen LogP contribution in [-0.2, 0) is 4.79 Å². The second-order valence-corrected chi connectivity index (χ2v) is 6.32. The van der Waals surface area contributed by atoms with E-state index in [4.69, 9.17) is 15.2 Å². The van der Waals surface area contributed by atoms with E-state index < -0.39 is 0 Å². The third-order valence-electron chi connectivity index (χ3n) is 4.95. The fourth-order valence-electron chi connectivity index (χ4n) is 3.45. The van der Waals surface area contributed by atoms with Crippen molar-refractivity contribution in [3.8, 4) is 11.5 Å². The average molecular weight is 273 g/mol. The third-order valence-corrected chi connectivity index (χ3v) is 4.95. The zero-order valence-electron chi connectivity index (χ0n) is 11.4. The summed E-state index contributed by atoms with van der Waals surface area (Å²) in [7, 11) is 0. The highest BCUT2D eigenvalue weighted by Crippen LogP contribution is 2.61. The van der Waals surface area contributed by atoms with Gasteiger partial charge < -0.3 is 15.2 Å². The number of hydrogen-bond donors (Lipinski definition) is 1. The topological polar surface area (TPSA) is 61.6 Å². The molecular formula is C16H19NO3. The second-order valence-electron chi connectivity index (χ2n) is 6.32. The fourth-order valence-corrected chi connectivity index (χ4v) is 3.45. The molecule has 0 aromatic heterocycles. The Kier molecular flexibility index (Phi) is 2.50. The van der Waals surface area contributed by atoms with Crippen molar-refractivity contribution in [2.75, 3.05) is 13.2 Å². The number of nitrogens with two attached hydrogens (primary N) is 1. The highest BCUT2D eigenvalue weighted by molar-refractivity contribution is 5.83. The van der Waals surface area contributed by atoms with Crippen LogP contribution in [0.4, 0.5) is 0 Å². The van der Waals surface area contributed by atoms with E-state index in [1.54, 1.807) is 0 Å². The number of primary amides is 1. The summed E-state index contributed by atoms with van der Waals surface area (Å²) in [6, 6.07) is 6.11. The van der Waals surface area contributed by atoms with Gasteiger partial charge in [-0.25, -0.2) is 0 Å². The van der Waals surface area contributed by atoms with E-state index in [9.17, 15) is 4.79 Å². The molecule has 0 radical (unpaired) electrons. The van der Waals surface area contributed by atoms with Crippen molar-refractivity contribution in [3.63, 3.8) is 0 Å². The molecule has 0 saturated heterocycles. The first-order chi connectivity index (χ1) is 9.70. The first-order valence-electron chi connectivity index (χ1n) is 7.38. The lowest BCUT2D eigenvalue weighted by Crippen LogP contribution is -2.25. The van der Waals surface area contributed by atoms with Crippen LogP contribution in [0.5, 0.6) is 11.5 Å². The number of benzene rings is 1. The summed E-state index contributed by atoms with van der Waals surface area (Å²) in [5, 5.41) is 0. The van der Waals surface area contributed by atoms with Gasteiger partial charge in [-0.15, -0.1) is 0 Å². The lowest BCUT2D eigenvalue weighted by Gasteiger charge is -2.21. The molecule has 20 heavy (non-hydrogen) atoms. The molecule has 1 aromatic carbocycles. The number of hydrogen-bond acceptors (Lipinski definition) is 3. The number of fused-ring (bicyclic) bond motifs is 1. The summed E-state index contributed by atoms with van der Waals surface area (Å²) in [6.07, 6.45) is 4.02. The minimum absolute atomic E-state index is 0.113. The van der Waals surface area contributed by atoms with Crippen molar-refractivity contribution in [3.05, 3.63) is 23.8 Å². The van der Waals surface area contributed by atoms with E-state index >= 15 is 0 Å². The van der Waals surface area contributed by atoms with Crippen LogP contribution in [0.25, 0.3) is 0 Å². The second kappa shape index (κ2) is 4.14. The van der Waals surface area contributed by atoms with Gasteiger partial charge in [0.2, 0.25) is 5.91 Å². The molecule has 1 heterocycles. The molecule has 4 nitrogen and oxygen atoms in total. The van der Waals surface area contributed by atoms with Gasteiger partial charge in [0.15, 0.2) is 11.5 Å². The summed E-state index contributed by atoms with van der Waals surface area (Å²) in [5.74, 6) is 2.73. The van der Waals surface area contributed by atoms with E-state index in [-0.39, 0.29) is 11.3 Å². The molecule has 2 unspecified atom stereocenters. The van der Waals surface area contributed by atoms with Crippen LogP contribution in [0.3, 0.4) is 0 Å². The standard InChI is InChI=1S/C16H19NO3/c17-15(18)16(4-5-16)9-10-8-12(10)11-2-1-3-13-14(11)20-7-6-19-13/h1-3,10,12H,4-9H2,(H2,17,18). The highest BCUT2D eigenvalue weighted by Gasteiger charge is 2.54. The SMILES string of the molecule is NC(=O)C1(CC2CC2c2cccc3c2OCCO3)CC1. The predicted molar refractivity (Wildman–Crippen MR) is 73.8 cm³/mol. The molecule has 0 spiro atoms. The minimum Gasteiger partial charge on any atom is -0.486 e. The summed E-state index contributed by atoms with van der Waals surface area (Å²) in [5.41, 5.74) is 6.57. The number of carbonyl (C=O) groups is 1. The predicted octanol–water partition coefficient (Wildman–Crippen LogP) is 2.22. The Labute approximate surface area is 118 Å². The van der Waals surface area contributed by atoms with E-state index in [0.29, 0.717) is 25.0 Å². The lowest BCUT2D eigenvalue weighted by molar-refractivity contribution is -0.123. The van der Waals surface area contributed by atoms with Crippen molar-refractivity contribution in [2.45, 2.75) is 31.6 Å². The van der Waals surface area contributed by atoms with E-state index in [1.165, 1.54) is 5.56 Å². The fraction of sp³-hybridized carbons (Fsp3) is 0.562. The largest absolute Gasteiger partial charge is 0.486 e. The molecule has 1 amide bonds. The summed E-state index contributed by atoms with van der Waals surface area (Å²) >= 11 is 0. The van der Waals surface area contributed by atoms with Crippen LogP contribution < -0.4 is 15.2 Å². The van der Waals surface area contributed by atoms with Crippen LogP contribution in [0.1, 0.15) is 37.2 Å². The molecule has 4 heteroatoms. The van der Waals surface area contributed by atoms with Gasteiger partial charge >= 0.3 is 0 Å². The normalized spacial score (nSPS) is 28.8. The zero-order valence-corrected chi connectivity index (χ0v) is 11.4. The van der Waals surface area contributed by atoms with Crippen molar-refractivity contribution in [2.24, 2.45) is 17.1 Å². The van der Waals surface area contributed by atoms with Crippen LogP contribution in [0.15, 0.2) is 18.2 Å². The van der Waals surface area contributed by atoms with E-state index in [0.717, 1.165) is 37.2 Å².